The third-order valence-electron chi connectivity index (χ3n) is 1.96. The van der Waals surface area contributed by atoms with E-state index in [2.05, 4.69) is 10.4 Å². The van der Waals surface area contributed by atoms with Crippen molar-refractivity contribution < 1.29 is 9.90 Å². The minimum absolute atomic E-state index is 0.355. The quantitative estimate of drug-likeness (QED) is 0.709. The molecule has 1 heterocycles. The van der Waals surface area contributed by atoms with Crippen LogP contribution in [0.25, 0.3) is 0 Å². The zero-order chi connectivity index (χ0) is 10.6. The van der Waals surface area contributed by atoms with Crippen LogP contribution in [0.1, 0.15) is 12.5 Å². The maximum absolute atomic E-state index is 10.5. The molecule has 1 rings (SSSR count). The van der Waals surface area contributed by atoms with E-state index in [1.807, 2.05) is 13.2 Å². The molecule has 0 fully saturated rings. The summed E-state index contributed by atoms with van der Waals surface area (Å²) in [6.45, 7) is 2.81. The van der Waals surface area contributed by atoms with Gasteiger partial charge in [0.2, 0.25) is 0 Å². The lowest BCUT2D eigenvalue weighted by Gasteiger charge is -2.06. The first-order valence-corrected chi connectivity index (χ1v) is 4.50. The summed E-state index contributed by atoms with van der Waals surface area (Å²) in [7, 11) is 1.85. The van der Waals surface area contributed by atoms with Gasteiger partial charge < -0.3 is 10.4 Å². The molecule has 1 atom stereocenters. The second kappa shape index (κ2) is 4.76. The Morgan fingerprint density at radius 3 is 3.00 bits per heavy atom. The van der Waals surface area contributed by atoms with Gasteiger partial charge >= 0.3 is 5.97 Å². The Hall–Kier alpha value is -1.36. The maximum Gasteiger partial charge on any atom is 0.307 e. The summed E-state index contributed by atoms with van der Waals surface area (Å²) in [5, 5.41) is 15.7. The summed E-state index contributed by atoms with van der Waals surface area (Å²) >= 11 is 0. The average Bonchev–Trinajstić information content (AvgIpc) is 2.51. The molecule has 1 aromatic heterocycles. The van der Waals surface area contributed by atoms with Crippen LogP contribution in [0.3, 0.4) is 0 Å². The molecule has 5 heteroatoms. The first kappa shape index (κ1) is 10.7. The standard InChI is InChI=1S/C9H15N3O2/c1-7(9(13)14)3-10-4-8-5-11-12(2)6-8/h5-7,10H,3-4H2,1-2H3,(H,13,14). The summed E-state index contributed by atoms with van der Waals surface area (Å²) < 4.78 is 1.72. The number of nitrogens with one attached hydrogen (secondary N) is 1. The highest BCUT2D eigenvalue weighted by Gasteiger charge is 2.09. The molecule has 5 nitrogen and oxygen atoms in total. The van der Waals surface area contributed by atoms with E-state index in [1.54, 1.807) is 17.8 Å². The lowest BCUT2D eigenvalue weighted by molar-refractivity contribution is -0.140. The Labute approximate surface area is 82.7 Å². The van der Waals surface area contributed by atoms with Crippen molar-refractivity contribution in [2.45, 2.75) is 13.5 Å². The van der Waals surface area contributed by atoms with E-state index in [4.69, 9.17) is 5.11 Å². The van der Waals surface area contributed by atoms with Gasteiger partial charge in [0.15, 0.2) is 0 Å². The molecule has 0 aliphatic heterocycles. The SMILES string of the molecule is CC(CNCc1cnn(C)c1)C(=O)O. The van der Waals surface area contributed by atoms with Gasteiger partial charge in [-0.05, 0) is 0 Å². The van der Waals surface area contributed by atoms with Crippen LogP contribution in [0, 0.1) is 5.92 Å². The molecule has 14 heavy (non-hydrogen) atoms. The van der Waals surface area contributed by atoms with E-state index >= 15 is 0 Å². The number of hydrogen-bond donors (Lipinski definition) is 2. The van der Waals surface area contributed by atoms with Crippen molar-refractivity contribution in [2.75, 3.05) is 6.54 Å². The van der Waals surface area contributed by atoms with Crippen LogP contribution >= 0.6 is 0 Å². The molecule has 1 unspecified atom stereocenters. The normalized spacial score (nSPS) is 12.7. The molecule has 1 aromatic rings. The largest absolute Gasteiger partial charge is 0.481 e. The highest BCUT2D eigenvalue weighted by atomic mass is 16.4. The van der Waals surface area contributed by atoms with Crippen molar-refractivity contribution in [1.29, 1.82) is 0 Å². The zero-order valence-corrected chi connectivity index (χ0v) is 8.40. The van der Waals surface area contributed by atoms with Crippen LogP contribution in [0.15, 0.2) is 12.4 Å². The average molecular weight is 197 g/mol. The molecule has 0 saturated heterocycles. The predicted octanol–water partition coefficient (Wildman–Crippen LogP) is 0.230. The maximum atomic E-state index is 10.5. The Morgan fingerprint density at radius 2 is 2.50 bits per heavy atom. The van der Waals surface area contributed by atoms with Gasteiger partial charge in [0, 0.05) is 31.9 Å². The molecule has 78 valence electrons. The second-order valence-corrected chi connectivity index (χ2v) is 3.39. The molecule has 2 N–H and O–H groups in total. The summed E-state index contributed by atoms with van der Waals surface area (Å²) in [5.41, 5.74) is 1.06. The summed E-state index contributed by atoms with van der Waals surface area (Å²) in [6.07, 6.45) is 3.66. The third kappa shape index (κ3) is 3.18. The van der Waals surface area contributed by atoms with Gasteiger partial charge in [-0.3, -0.25) is 9.48 Å². The number of aromatic nitrogens is 2. The Balaban J connectivity index is 2.25. The minimum atomic E-state index is -0.774. The van der Waals surface area contributed by atoms with Crippen molar-refractivity contribution >= 4 is 5.97 Å². The van der Waals surface area contributed by atoms with Crippen LogP contribution in [-0.2, 0) is 18.4 Å². The van der Waals surface area contributed by atoms with Crippen molar-refractivity contribution in [3.05, 3.63) is 18.0 Å². The van der Waals surface area contributed by atoms with Crippen LogP contribution in [0.5, 0.6) is 0 Å². The summed E-state index contributed by atoms with van der Waals surface area (Å²) in [6, 6.07) is 0. The number of carboxylic acid groups (broad SMARTS) is 1. The number of nitrogens with zero attached hydrogens (tertiary/aromatic N) is 2. The number of aryl methyl sites for hydroxylation is 1. The van der Waals surface area contributed by atoms with E-state index in [0.29, 0.717) is 13.1 Å². The van der Waals surface area contributed by atoms with Crippen molar-refractivity contribution in [2.24, 2.45) is 13.0 Å². The molecular formula is C9H15N3O2. The fraction of sp³-hybridized carbons (Fsp3) is 0.556. The lowest BCUT2D eigenvalue weighted by Crippen LogP contribution is -2.25. The molecule has 0 bridgehead atoms. The zero-order valence-electron chi connectivity index (χ0n) is 8.40. The Bertz CT molecular complexity index is 309. The third-order valence-corrected chi connectivity index (χ3v) is 1.96. The smallest absolute Gasteiger partial charge is 0.307 e. The van der Waals surface area contributed by atoms with Crippen LogP contribution < -0.4 is 5.32 Å². The highest BCUT2D eigenvalue weighted by Crippen LogP contribution is 1.97. The fourth-order valence-electron chi connectivity index (χ4n) is 1.08. The molecule has 0 aliphatic rings. The number of carbonyl (C=O) groups is 1. The Morgan fingerprint density at radius 1 is 1.79 bits per heavy atom. The van der Waals surface area contributed by atoms with E-state index in [9.17, 15) is 4.79 Å². The van der Waals surface area contributed by atoms with Gasteiger partial charge in [0.05, 0.1) is 12.1 Å². The van der Waals surface area contributed by atoms with Gasteiger partial charge in [0.25, 0.3) is 0 Å². The van der Waals surface area contributed by atoms with Crippen LogP contribution in [0.2, 0.25) is 0 Å². The first-order chi connectivity index (χ1) is 6.59. The van der Waals surface area contributed by atoms with Crippen molar-refractivity contribution in [3.63, 3.8) is 0 Å². The van der Waals surface area contributed by atoms with Gasteiger partial charge in [0.1, 0.15) is 0 Å². The number of hydrogen-bond acceptors (Lipinski definition) is 3. The molecule has 0 aromatic carbocycles. The first-order valence-electron chi connectivity index (χ1n) is 4.50. The minimum Gasteiger partial charge on any atom is -0.481 e. The summed E-state index contributed by atoms with van der Waals surface area (Å²) in [5.74, 6) is -1.13. The monoisotopic (exact) mass is 197 g/mol. The lowest BCUT2D eigenvalue weighted by atomic mass is 10.2. The van der Waals surface area contributed by atoms with Gasteiger partial charge in [-0.1, -0.05) is 6.92 Å². The van der Waals surface area contributed by atoms with Crippen molar-refractivity contribution in [1.82, 2.24) is 15.1 Å². The molecule has 0 aliphatic carbocycles. The summed E-state index contributed by atoms with van der Waals surface area (Å²) in [4.78, 5) is 10.5. The molecule has 0 saturated carbocycles. The number of carboxylic acids is 1. The Kier molecular flexibility index (Phi) is 3.64. The van der Waals surface area contributed by atoms with Crippen LogP contribution in [0.4, 0.5) is 0 Å². The number of aliphatic carboxylic acids is 1. The predicted molar refractivity (Wildman–Crippen MR) is 51.7 cm³/mol. The van der Waals surface area contributed by atoms with Gasteiger partial charge in [-0.2, -0.15) is 5.10 Å². The van der Waals surface area contributed by atoms with Gasteiger partial charge in [-0.15, -0.1) is 0 Å². The van der Waals surface area contributed by atoms with E-state index < -0.39 is 5.97 Å². The molecule has 0 amide bonds. The number of rotatable bonds is 5. The van der Waals surface area contributed by atoms with Crippen LogP contribution in [-0.4, -0.2) is 27.4 Å². The van der Waals surface area contributed by atoms with E-state index in [0.717, 1.165) is 5.56 Å². The van der Waals surface area contributed by atoms with Gasteiger partial charge in [-0.25, -0.2) is 0 Å². The van der Waals surface area contributed by atoms with E-state index in [1.165, 1.54) is 0 Å². The molecular weight excluding hydrogens is 182 g/mol. The van der Waals surface area contributed by atoms with E-state index in [-0.39, 0.29) is 5.92 Å². The fourth-order valence-corrected chi connectivity index (χ4v) is 1.08. The molecule has 0 spiro atoms. The van der Waals surface area contributed by atoms with Crippen molar-refractivity contribution in [3.8, 4) is 0 Å². The second-order valence-electron chi connectivity index (χ2n) is 3.39. The molecule has 0 radical (unpaired) electrons. The topological polar surface area (TPSA) is 67.2 Å². The highest BCUT2D eigenvalue weighted by molar-refractivity contribution is 5.69.